The van der Waals surface area contributed by atoms with Gasteiger partial charge in [-0.25, -0.2) is 9.97 Å². The highest BCUT2D eigenvalue weighted by atomic mass is 19.4. The summed E-state index contributed by atoms with van der Waals surface area (Å²) in [7, 11) is 0. The highest BCUT2D eigenvalue weighted by molar-refractivity contribution is 5.61. The van der Waals surface area contributed by atoms with E-state index in [-0.39, 0.29) is 5.69 Å². The highest BCUT2D eigenvalue weighted by Crippen LogP contribution is 2.27. The Balaban J connectivity index is 2.43. The molecule has 2 N–H and O–H groups in total. The van der Waals surface area contributed by atoms with Crippen molar-refractivity contribution in [3.8, 4) is 11.3 Å². The van der Waals surface area contributed by atoms with Crippen molar-refractivity contribution in [3.05, 3.63) is 42.4 Å². The third kappa shape index (κ3) is 2.52. The molecule has 1 aromatic carbocycles. The molecule has 0 saturated carbocycles. The summed E-state index contributed by atoms with van der Waals surface area (Å²) in [6.07, 6.45) is -3.45. The fourth-order valence-electron chi connectivity index (χ4n) is 1.31. The van der Waals surface area contributed by atoms with E-state index in [0.717, 1.165) is 6.20 Å². The van der Waals surface area contributed by atoms with Crippen molar-refractivity contribution in [1.82, 2.24) is 9.97 Å². The lowest BCUT2D eigenvalue weighted by Gasteiger charge is -2.06. The zero-order valence-electron chi connectivity index (χ0n) is 8.57. The minimum Gasteiger partial charge on any atom is -0.399 e. The van der Waals surface area contributed by atoms with Gasteiger partial charge in [-0.05, 0) is 18.2 Å². The lowest BCUT2D eigenvalue weighted by Crippen LogP contribution is -2.10. The van der Waals surface area contributed by atoms with Gasteiger partial charge in [-0.2, -0.15) is 13.2 Å². The van der Waals surface area contributed by atoms with Gasteiger partial charge in [-0.1, -0.05) is 12.1 Å². The Hall–Kier alpha value is -2.11. The number of nitrogen functional groups attached to an aromatic ring is 1. The Morgan fingerprint density at radius 2 is 1.65 bits per heavy atom. The maximum atomic E-state index is 12.4. The molecule has 1 aromatic heterocycles. The summed E-state index contributed by atoms with van der Waals surface area (Å²) in [5.41, 5.74) is 6.81. The lowest BCUT2D eigenvalue weighted by atomic mass is 10.1. The van der Waals surface area contributed by atoms with E-state index in [4.69, 9.17) is 5.73 Å². The van der Waals surface area contributed by atoms with E-state index in [1.807, 2.05) is 0 Å². The van der Waals surface area contributed by atoms with E-state index >= 15 is 0 Å². The zero-order valence-corrected chi connectivity index (χ0v) is 8.57. The molecule has 0 saturated heterocycles. The molecule has 0 atom stereocenters. The van der Waals surface area contributed by atoms with E-state index in [0.29, 0.717) is 11.3 Å². The average molecular weight is 239 g/mol. The summed E-state index contributed by atoms with van der Waals surface area (Å²) >= 11 is 0. The zero-order chi connectivity index (χ0) is 12.5. The van der Waals surface area contributed by atoms with Crippen LogP contribution < -0.4 is 5.73 Å². The van der Waals surface area contributed by atoms with Gasteiger partial charge < -0.3 is 5.73 Å². The fraction of sp³-hybridized carbons (Fsp3) is 0.0909. The maximum Gasteiger partial charge on any atom is 0.451 e. The molecule has 0 aliphatic heterocycles. The molecule has 0 aliphatic rings. The van der Waals surface area contributed by atoms with E-state index in [1.54, 1.807) is 24.3 Å². The summed E-state index contributed by atoms with van der Waals surface area (Å²) in [5, 5.41) is 0. The van der Waals surface area contributed by atoms with E-state index in [2.05, 4.69) is 9.97 Å². The van der Waals surface area contributed by atoms with Gasteiger partial charge in [-0.3, -0.25) is 0 Å². The first kappa shape index (κ1) is 11.4. The third-order valence-electron chi connectivity index (χ3n) is 2.12. The van der Waals surface area contributed by atoms with Crippen molar-refractivity contribution in [1.29, 1.82) is 0 Å². The van der Waals surface area contributed by atoms with Gasteiger partial charge in [0.2, 0.25) is 5.82 Å². The van der Waals surface area contributed by atoms with Gasteiger partial charge in [0.25, 0.3) is 0 Å². The van der Waals surface area contributed by atoms with Gasteiger partial charge in [0, 0.05) is 17.4 Å². The Kier molecular flexibility index (Phi) is 2.71. The molecule has 0 fully saturated rings. The molecular weight excluding hydrogens is 231 g/mol. The fourth-order valence-corrected chi connectivity index (χ4v) is 1.31. The molecule has 3 nitrogen and oxygen atoms in total. The van der Waals surface area contributed by atoms with Crippen LogP contribution in [0.5, 0.6) is 0 Å². The highest BCUT2D eigenvalue weighted by Gasteiger charge is 2.34. The second kappa shape index (κ2) is 4.04. The van der Waals surface area contributed by atoms with Crippen LogP contribution in [0.15, 0.2) is 36.5 Å². The van der Waals surface area contributed by atoms with Crippen molar-refractivity contribution in [2.45, 2.75) is 6.18 Å². The molecule has 17 heavy (non-hydrogen) atoms. The van der Waals surface area contributed by atoms with E-state index in [9.17, 15) is 13.2 Å². The Labute approximate surface area is 95.1 Å². The molecule has 0 bridgehead atoms. The molecule has 6 heteroatoms. The molecular formula is C11H8F3N3. The number of rotatable bonds is 1. The Morgan fingerprint density at radius 3 is 2.24 bits per heavy atom. The van der Waals surface area contributed by atoms with Gasteiger partial charge in [-0.15, -0.1) is 0 Å². The summed E-state index contributed by atoms with van der Waals surface area (Å²) in [6.45, 7) is 0. The molecule has 0 unspecified atom stereocenters. The smallest absolute Gasteiger partial charge is 0.399 e. The van der Waals surface area contributed by atoms with Crippen molar-refractivity contribution >= 4 is 5.69 Å². The number of anilines is 1. The first-order valence-electron chi connectivity index (χ1n) is 4.73. The minimum absolute atomic E-state index is 0.215. The Morgan fingerprint density at radius 1 is 1.00 bits per heavy atom. The first-order chi connectivity index (χ1) is 7.97. The number of benzene rings is 1. The quantitative estimate of drug-likeness (QED) is 0.778. The molecule has 2 aromatic rings. The normalized spacial score (nSPS) is 11.5. The van der Waals surface area contributed by atoms with Gasteiger partial charge in [0.1, 0.15) is 0 Å². The number of halogens is 3. The number of hydrogen-bond donors (Lipinski definition) is 1. The first-order valence-corrected chi connectivity index (χ1v) is 4.73. The van der Waals surface area contributed by atoms with Crippen LogP contribution in [0.25, 0.3) is 11.3 Å². The number of nitrogens with zero attached hydrogens (tertiary/aromatic N) is 2. The van der Waals surface area contributed by atoms with Crippen LogP contribution in [0.2, 0.25) is 0 Å². The molecule has 1 heterocycles. The van der Waals surface area contributed by atoms with Crippen LogP contribution >= 0.6 is 0 Å². The van der Waals surface area contributed by atoms with Gasteiger partial charge >= 0.3 is 6.18 Å². The Bertz CT molecular complexity index is 520. The van der Waals surface area contributed by atoms with Crippen LogP contribution in [0.3, 0.4) is 0 Å². The van der Waals surface area contributed by atoms with Crippen molar-refractivity contribution < 1.29 is 13.2 Å². The molecule has 0 aliphatic carbocycles. The number of alkyl halides is 3. The van der Waals surface area contributed by atoms with Crippen LogP contribution in [0.4, 0.5) is 18.9 Å². The van der Waals surface area contributed by atoms with Crippen LogP contribution in [0, 0.1) is 0 Å². The topological polar surface area (TPSA) is 51.8 Å². The maximum absolute atomic E-state index is 12.4. The second-order valence-corrected chi connectivity index (χ2v) is 3.39. The molecule has 2 rings (SSSR count). The average Bonchev–Trinajstić information content (AvgIpc) is 2.29. The van der Waals surface area contributed by atoms with Crippen LogP contribution in [-0.4, -0.2) is 9.97 Å². The van der Waals surface area contributed by atoms with Crippen LogP contribution in [-0.2, 0) is 6.18 Å². The van der Waals surface area contributed by atoms with Gasteiger partial charge in [0.05, 0.1) is 5.69 Å². The standard InChI is InChI=1S/C11H8F3N3/c12-11(13,14)10-16-6-5-9(17-10)7-1-3-8(15)4-2-7/h1-6H,15H2. The van der Waals surface area contributed by atoms with Crippen LogP contribution in [0.1, 0.15) is 5.82 Å². The summed E-state index contributed by atoms with van der Waals surface area (Å²) < 4.78 is 37.2. The summed E-state index contributed by atoms with van der Waals surface area (Å²) in [4.78, 5) is 6.66. The van der Waals surface area contributed by atoms with Crippen molar-refractivity contribution in [2.24, 2.45) is 0 Å². The van der Waals surface area contributed by atoms with E-state index < -0.39 is 12.0 Å². The monoisotopic (exact) mass is 239 g/mol. The number of nitrogens with two attached hydrogens (primary N) is 1. The minimum atomic E-state index is -4.54. The SMILES string of the molecule is Nc1ccc(-c2ccnc(C(F)(F)F)n2)cc1. The van der Waals surface area contributed by atoms with Gasteiger partial charge in [0.15, 0.2) is 0 Å². The number of aromatic nitrogens is 2. The molecule has 88 valence electrons. The van der Waals surface area contributed by atoms with Crippen molar-refractivity contribution in [3.63, 3.8) is 0 Å². The molecule has 0 spiro atoms. The largest absolute Gasteiger partial charge is 0.451 e. The summed E-state index contributed by atoms with van der Waals surface area (Å²) in [5.74, 6) is -1.15. The molecule has 0 radical (unpaired) electrons. The summed E-state index contributed by atoms with van der Waals surface area (Å²) in [6, 6.07) is 7.84. The lowest BCUT2D eigenvalue weighted by molar-refractivity contribution is -0.144. The molecule has 0 amide bonds. The number of hydrogen-bond acceptors (Lipinski definition) is 3. The van der Waals surface area contributed by atoms with E-state index in [1.165, 1.54) is 6.07 Å². The second-order valence-electron chi connectivity index (χ2n) is 3.39. The predicted octanol–water partition coefficient (Wildman–Crippen LogP) is 2.74. The predicted molar refractivity (Wildman–Crippen MR) is 56.9 cm³/mol. The third-order valence-corrected chi connectivity index (χ3v) is 2.12. The van der Waals surface area contributed by atoms with Crippen molar-refractivity contribution in [2.75, 3.05) is 5.73 Å².